The Morgan fingerprint density at radius 3 is 1.85 bits per heavy atom. The Balaban J connectivity index is 0.00000800. The molecule has 1 aromatic rings. The summed E-state index contributed by atoms with van der Waals surface area (Å²) in [5.74, 6) is 1.73. The molecule has 0 aromatic heterocycles. The first-order valence-corrected chi connectivity index (χ1v) is 17.0. The highest BCUT2D eigenvalue weighted by Gasteiger charge is 2.42. The van der Waals surface area contributed by atoms with Gasteiger partial charge in [0.25, 0.3) is 0 Å². The van der Waals surface area contributed by atoms with Crippen LogP contribution in [0.15, 0.2) is 30.3 Å². The molecule has 0 saturated heterocycles. The van der Waals surface area contributed by atoms with E-state index in [-0.39, 0.29) is 18.3 Å². The zero-order valence-electron chi connectivity index (χ0n) is 26.3. The summed E-state index contributed by atoms with van der Waals surface area (Å²) in [7, 11) is 0. The molecule has 1 aromatic carbocycles. The molecule has 0 spiro atoms. The lowest BCUT2D eigenvalue weighted by Gasteiger charge is -2.31. The minimum Gasteiger partial charge on any atom is -1.00 e. The Bertz CT molecular complexity index is 769. The third-order valence-corrected chi connectivity index (χ3v) is 8.66. The molecular formula is C35H63ClN3O+. The van der Waals surface area contributed by atoms with Gasteiger partial charge in [-0.25, -0.2) is 4.48 Å². The maximum atomic E-state index is 12.6. The van der Waals surface area contributed by atoms with Gasteiger partial charge in [-0.05, 0) is 12.8 Å². The van der Waals surface area contributed by atoms with E-state index in [1.165, 1.54) is 121 Å². The lowest BCUT2D eigenvalue weighted by atomic mass is 10.1. The monoisotopic (exact) mass is 576 g/mol. The third kappa shape index (κ3) is 16.2. The van der Waals surface area contributed by atoms with Crippen molar-refractivity contribution in [3.8, 4) is 0 Å². The summed E-state index contributed by atoms with van der Waals surface area (Å²) in [5.41, 5.74) is 1.40. The summed E-state index contributed by atoms with van der Waals surface area (Å²) >= 11 is 0. The van der Waals surface area contributed by atoms with Crippen LogP contribution in [-0.2, 0) is 11.3 Å². The number of benzene rings is 1. The second-order valence-electron chi connectivity index (χ2n) is 12.1. The number of quaternary nitrogens is 1. The number of nitrogens with zero attached hydrogens (tertiary/aromatic N) is 1. The van der Waals surface area contributed by atoms with E-state index in [1.807, 2.05) is 0 Å². The van der Waals surface area contributed by atoms with E-state index in [0.717, 1.165) is 50.0 Å². The zero-order valence-corrected chi connectivity index (χ0v) is 27.1. The molecule has 0 radical (unpaired) electrons. The van der Waals surface area contributed by atoms with Gasteiger partial charge in [0.05, 0.1) is 13.0 Å². The van der Waals surface area contributed by atoms with Crippen molar-refractivity contribution in [3.63, 3.8) is 0 Å². The molecule has 0 aliphatic carbocycles. The van der Waals surface area contributed by atoms with Gasteiger partial charge in [0.2, 0.25) is 5.91 Å². The molecule has 1 heterocycles. The average molecular weight is 577 g/mol. The number of nitrogens with one attached hydrogen (secondary N) is 2. The fraction of sp³-hybridized carbons (Fsp3) is 0.771. The van der Waals surface area contributed by atoms with Crippen LogP contribution in [0.5, 0.6) is 0 Å². The van der Waals surface area contributed by atoms with Crippen molar-refractivity contribution in [1.82, 2.24) is 5.32 Å². The van der Waals surface area contributed by atoms with Crippen LogP contribution in [0.25, 0.3) is 0 Å². The van der Waals surface area contributed by atoms with E-state index in [0.29, 0.717) is 6.42 Å². The number of amidine groups is 1. The molecule has 2 N–H and O–H groups in total. The molecule has 1 amide bonds. The molecule has 0 bridgehead atoms. The molecule has 0 fully saturated rings. The third-order valence-electron chi connectivity index (χ3n) is 8.66. The number of carbonyl (C=O) groups excluding carboxylic acids is 1. The van der Waals surface area contributed by atoms with Gasteiger partial charge in [-0.15, -0.1) is 0 Å². The predicted molar refractivity (Wildman–Crippen MR) is 168 cm³/mol. The minimum absolute atomic E-state index is 0. The van der Waals surface area contributed by atoms with Crippen LogP contribution in [0.3, 0.4) is 0 Å². The smallest absolute Gasteiger partial charge is 0.337 e. The summed E-state index contributed by atoms with van der Waals surface area (Å²) in [5, 5.41) is 3.28. The predicted octanol–water partition coefficient (Wildman–Crippen LogP) is 4.46. The second kappa shape index (κ2) is 24.2. The van der Waals surface area contributed by atoms with Gasteiger partial charge in [0.15, 0.2) is 6.54 Å². The standard InChI is InChI=1S/C35H61N3O.ClH/c1-3-5-7-9-11-13-15-17-22-26-34-36-28-30-38(34,32-33-24-20-19-21-25-33)31-29-37-35(39)27-23-18-16-14-12-10-8-6-4-2;/h19-21,24-25H,3-18,22-23,26-32H2,1-2H3;1H/p+1. The Morgan fingerprint density at radius 1 is 0.750 bits per heavy atom. The zero-order chi connectivity index (χ0) is 27.9. The molecule has 1 aliphatic rings. The summed E-state index contributed by atoms with van der Waals surface area (Å²) in [6, 6.07) is 10.9. The SMILES string of the molecule is CCCCCCCCCCCC(=O)NCC[N+]1(Cc2ccccc2)CC[NH+]=C1CCCCCCCCCCC.[Cl-]. The van der Waals surface area contributed by atoms with Gasteiger partial charge in [-0.3, -0.25) is 4.79 Å². The van der Waals surface area contributed by atoms with Gasteiger partial charge < -0.3 is 17.7 Å². The van der Waals surface area contributed by atoms with E-state index in [9.17, 15) is 4.79 Å². The molecule has 1 atom stereocenters. The number of halogens is 1. The minimum atomic E-state index is 0. The number of hydrogen-bond acceptors (Lipinski definition) is 1. The molecule has 1 aliphatic heterocycles. The van der Waals surface area contributed by atoms with Gasteiger partial charge in [0.1, 0.15) is 19.6 Å². The Hall–Kier alpha value is -1.39. The lowest BCUT2D eigenvalue weighted by molar-refractivity contribution is -0.851. The Labute approximate surface area is 254 Å². The maximum Gasteiger partial charge on any atom is 0.337 e. The van der Waals surface area contributed by atoms with Gasteiger partial charge in [-0.1, -0.05) is 147 Å². The van der Waals surface area contributed by atoms with Crippen LogP contribution in [0.1, 0.15) is 148 Å². The van der Waals surface area contributed by atoms with E-state index in [1.54, 1.807) is 0 Å². The molecule has 2 rings (SSSR count). The van der Waals surface area contributed by atoms with E-state index in [2.05, 4.69) is 54.5 Å². The highest BCUT2D eigenvalue weighted by Crippen LogP contribution is 2.20. The molecule has 40 heavy (non-hydrogen) atoms. The molecule has 0 saturated carbocycles. The molecule has 5 heteroatoms. The van der Waals surface area contributed by atoms with E-state index >= 15 is 0 Å². The van der Waals surface area contributed by atoms with E-state index < -0.39 is 0 Å². The van der Waals surface area contributed by atoms with Crippen LogP contribution < -0.4 is 22.7 Å². The van der Waals surface area contributed by atoms with Crippen LogP contribution in [0, 0.1) is 0 Å². The topological polar surface area (TPSA) is 43.1 Å². The fourth-order valence-corrected chi connectivity index (χ4v) is 6.17. The highest BCUT2D eigenvalue weighted by molar-refractivity contribution is 5.75. The van der Waals surface area contributed by atoms with Crippen molar-refractivity contribution >= 4 is 11.7 Å². The van der Waals surface area contributed by atoms with E-state index in [4.69, 9.17) is 0 Å². The normalized spacial score (nSPS) is 16.5. The summed E-state index contributed by atoms with van der Waals surface area (Å²) in [6.07, 6.45) is 25.8. The van der Waals surface area contributed by atoms with Crippen molar-refractivity contribution < 1.29 is 26.7 Å². The number of rotatable bonds is 25. The molecule has 1 unspecified atom stereocenters. The van der Waals surface area contributed by atoms with Crippen molar-refractivity contribution in [1.29, 1.82) is 0 Å². The largest absolute Gasteiger partial charge is 1.00 e. The van der Waals surface area contributed by atoms with Crippen molar-refractivity contribution in [2.45, 2.75) is 149 Å². The van der Waals surface area contributed by atoms with Gasteiger partial charge in [-0.2, -0.15) is 4.99 Å². The Kier molecular flexibility index (Phi) is 22.2. The maximum absolute atomic E-state index is 12.6. The summed E-state index contributed by atoms with van der Waals surface area (Å²) < 4.78 is 0.985. The van der Waals surface area contributed by atoms with Crippen molar-refractivity contribution in [2.24, 2.45) is 0 Å². The number of unbranched alkanes of at least 4 members (excludes halogenated alkanes) is 16. The molecule has 230 valence electrons. The van der Waals surface area contributed by atoms with Crippen LogP contribution in [0.4, 0.5) is 0 Å². The summed E-state index contributed by atoms with van der Waals surface area (Å²) in [6.45, 7) is 9.51. The number of amides is 1. The quantitative estimate of drug-likeness (QED) is 0.131. The van der Waals surface area contributed by atoms with Crippen LogP contribution >= 0.6 is 0 Å². The molecule has 4 nitrogen and oxygen atoms in total. The first-order chi connectivity index (χ1) is 19.2. The number of carbonyl (C=O) groups is 1. The van der Waals surface area contributed by atoms with Crippen LogP contribution in [0.2, 0.25) is 0 Å². The van der Waals surface area contributed by atoms with Crippen molar-refractivity contribution in [3.05, 3.63) is 35.9 Å². The highest BCUT2D eigenvalue weighted by atomic mass is 35.5. The Morgan fingerprint density at radius 2 is 1.27 bits per heavy atom. The van der Waals surface area contributed by atoms with Crippen molar-refractivity contribution in [2.75, 3.05) is 26.2 Å². The molecular weight excluding hydrogens is 514 g/mol. The van der Waals surface area contributed by atoms with Crippen LogP contribution in [-0.4, -0.2) is 42.4 Å². The first-order valence-electron chi connectivity index (χ1n) is 17.0. The lowest BCUT2D eigenvalue weighted by Crippen LogP contribution is -3.00. The fourth-order valence-electron chi connectivity index (χ4n) is 6.17. The van der Waals surface area contributed by atoms with Gasteiger partial charge >= 0.3 is 5.84 Å². The number of hydrogen-bond donors (Lipinski definition) is 2. The van der Waals surface area contributed by atoms with Gasteiger partial charge in [0, 0.05) is 12.0 Å². The average Bonchev–Trinajstić information content (AvgIpc) is 3.33. The summed E-state index contributed by atoms with van der Waals surface area (Å²) in [4.78, 5) is 16.4. The first kappa shape index (κ1) is 36.6. The second-order valence-corrected chi connectivity index (χ2v) is 12.1.